The molecule has 22 heavy (non-hydrogen) atoms. The molecule has 1 aromatic heterocycles. The number of carbonyl (C=O) groups excluding carboxylic acids is 1. The molecule has 0 unspecified atom stereocenters. The fourth-order valence-corrected chi connectivity index (χ4v) is 2.52. The van der Waals surface area contributed by atoms with E-state index < -0.39 is 5.97 Å². The van der Waals surface area contributed by atoms with Gasteiger partial charge in [0.15, 0.2) is 0 Å². The summed E-state index contributed by atoms with van der Waals surface area (Å²) in [5.74, 6) is -0.978. The van der Waals surface area contributed by atoms with Crippen molar-refractivity contribution in [1.29, 1.82) is 0 Å². The van der Waals surface area contributed by atoms with Crippen molar-refractivity contribution in [3.05, 3.63) is 51.9 Å². The average molecular weight is 322 g/mol. The number of hydrogen-bond donors (Lipinski definition) is 2. The van der Waals surface area contributed by atoms with Crippen LogP contribution >= 0.6 is 11.6 Å². The van der Waals surface area contributed by atoms with Gasteiger partial charge in [-0.15, -0.1) is 0 Å². The lowest BCUT2D eigenvalue weighted by Crippen LogP contribution is -2.13. The largest absolute Gasteiger partial charge is 0.478 e. The molecule has 2 aromatic rings. The first-order chi connectivity index (χ1) is 10.3. The molecule has 0 spiro atoms. The molecule has 0 aliphatic carbocycles. The zero-order valence-electron chi connectivity index (χ0n) is 12.4. The first kappa shape index (κ1) is 16.1. The zero-order valence-corrected chi connectivity index (χ0v) is 13.2. The van der Waals surface area contributed by atoms with Crippen molar-refractivity contribution < 1.29 is 19.1 Å². The molecule has 2 rings (SSSR count). The highest BCUT2D eigenvalue weighted by atomic mass is 35.5. The Bertz CT molecular complexity index is 734. The molecule has 1 aromatic carbocycles. The molecule has 0 saturated heterocycles. The Morgan fingerprint density at radius 3 is 2.45 bits per heavy atom. The first-order valence-electron chi connectivity index (χ1n) is 6.73. The highest BCUT2D eigenvalue weighted by Gasteiger charge is 2.18. The number of aryl methyl sites for hydroxylation is 1. The molecule has 1 heterocycles. The van der Waals surface area contributed by atoms with Gasteiger partial charge in [0, 0.05) is 5.69 Å². The van der Waals surface area contributed by atoms with Crippen LogP contribution in [0.3, 0.4) is 0 Å². The third-order valence-corrected chi connectivity index (χ3v) is 3.74. The van der Waals surface area contributed by atoms with Gasteiger partial charge >= 0.3 is 5.97 Å². The summed E-state index contributed by atoms with van der Waals surface area (Å²) in [4.78, 5) is 23.5. The van der Waals surface area contributed by atoms with Crippen LogP contribution in [0.1, 0.15) is 51.8 Å². The van der Waals surface area contributed by atoms with Gasteiger partial charge in [0.05, 0.1) is 22.4 Å². The second-order valence-electron chi connectivity index (χ2n) is 5.23. The number of halogens is 1. The highest BCUT2D eigenvalue weighted by molar-refractivity contribution is 6.34. The molecule has 1 amide bonds. The van der Waals surface area contributed by atoms with Crippen LogP contribution in [0.25, 0.3) is 0 Å². The van der Waals surface area contributed by atoms with Crippen LogP contribution in [0.2, 0.25) is 5.02 Å². The van der Waals surface area contributed by atoms with Crippen molar-refractivity contribution in [3.63, 3.8) is 0 Å². The van der Waals surface area contributed by atoms with E-state index in [1.165, 1.54) is 12.3 Å². The van der Waals surface area contributed by atoms with E-state index in [2.05, 4.69) is 5.32 Å². The van der Waals surface area contributed by atoms with Gasteiger partial charge in [-0.3, -0.25) is 4.79 Å². The van der Waals surface area contributed by atoms with E-state index in [9.17, 15) is 14.7 Å². The number of nitrogens with one attached hydrogen (secondary N) is 1. The van der Waals surface area contributed by atoms with Crippen molar-refractivity contribution in [3.8, 4) is 0 Å². The van der Waals surface area contributed by atoms with Crippen LogP contribution in [0.4, 0.5) is 5.69 Å². The Morgan fingerprint density at radius 2 is 1.95 bits per heavy atom. The van der Waals surface area contributed by atoms with Crippen molar-refractivity contribution in [2.75, 3.05) is 5.32 Å². The highest BCUT2D eigenvalue weighted by Crippen LogP contribution is 2.31. The summed E-state index contributed by atoms with van der Waals surface area (Å²) in [6.45, 7) is 5.48. The molecule has 0 atom stereocenters. The van der Waals surface area contributed by atoms with Gasteiger partial charge in [-0.2, -0.15) is 0 Å². The smallest absolute Gasteiger partial charge is 0.337 e. The topological polar surface area (TPSA) is 79.5 Å². The minimum absolute atomic E-state index is 0.0260. The Labute approximate surface area is 132 Å². The number of carboxylic acid groups (broad SMARTS) is 1. The van der Waals surface area contributed by atoms with Crippen LogP contribution in [0.15, 0.2) is 28.9 Å². The SMILES string of the molecule is Cc1occc1C(=O)Nc1cc(C(=O)O)c(Cl)c(C(C)C)c1. The molecule has 5 nitrogen and oxygen atoms in total. The molecular formula is C16H16ClNO4. The summed E-state index contributed by atoms with van der Waals surface area (Å²) in [6, 6.07) is 4.60. The van der Waals surface area contributed by atoms with E-state index in [4.69, 9.17) is 16.0 Å². The Hall–Kier alpha value is -2.27. The van der Waals surface area contributed by atoms with Crippen molar-refractivity contribution in [2.45, 2.75) is 26.7 Å². The molecule has 2 N–H and O–H groups in total. The standard InChI is InChI=1S/C16H16ClNO4/c1-8(2)12-6-10(7-13(14(12)17)16(20)21)18-15(19)11-4-5-22-9(11)3/h4-8H,1-3H3,(H,18,19)(H,20,21). The fourth-order valence-electron chi connectivity index (χ4n) is 2.11. The van der Waals surface area contributed by atoms with Crippen LogP contribution < -0.4 is 5.32 Å². The molecule has 6 heteroatoms. The molecule has 0 aliphatic rings. The fraction of sp³-hybridized carbons (Fsp3) is 0.250. The average Bonchev–Trinajstić information content (AvgIpc) is 2.86. The van der Waals surface area contributed by atoms with E-state index in [0.717, 1.165) is 0 Å². The third-order valence-electron chi connectivity index (χ3n) is 3.31. The predicted molar refractivity (Wildman–Crippen MR) is 83.9 cm³/mol. The van der Waals surface area contributed by atoms with E-state index in [0.29, 0.717) is 22.6 Å². The van der Waals surface area contributed by atoms with Crippen LogP contribution in [-0.2, 0) is 0 Å². The van der Waals surface area contributed by atoms with Crippen LogP contribution in [0, 0.1) is 6.92 Å². The van der Waals surface area contributed by atoms with E-state index >= 15 is 0 Å². The first-order valence-corrected chi connectivity index (χ1v) is 7.11. The van der Waals surface area contributed by atoms with Crippen molar-refractivity contribution in [1.82, 2.24) is 0 Å². The number of furan rings is 1. The summed E-state index contributed by atoms with van der Waals surface area (Å²) < 4.78 is 5.09. The number of hydrogen-bond acceptors (Lipinski definition) is 3. The Morgan fingerprint density at radius 1 is 1.27 bits per heavy atom. The van der Waals surface area contributed by atoms with Crippen LogP contribution in [0.5, 0.6) is 0 Å². The van der Waals surface area contributed by atoms with Gasteiger partial charge in [0.1, 0.15) is 5.76 Å². The number of anilines is 1. The summed E-state index contributed by atoms with van der Waals surface area (Å²) in [5.41, 5.74) is 1.42. The number of aromatic carboxylic acids is 1. The predicted octanol–water partition coefficient (Wildman–Crippen LogP) is 4.32. The maximum Gasteiger partial charge on any atom is 0.337 e. The maximum absolute atomic E-state index is 12.2. The molecule has 0 saturated carbocycles. The molecule has 0 bridgehead atoms. The lowest BCUT2D eigenvalue weighted by atomic mass is 9.99. The van der Waals surface area contributed by atoms with Gasteiger partial charge < -0.3 is 14.8 Å². The quantitative estimate of drug-likeness (QED) is 0.879. The number of benzene rings is 1. The van der Waals surface area contributed by atoms with Gasteiger partial charge in [0.25, 0.3) is 5.91 Å². The molecule has 0 radical (unpaired) electrons. The van der Waals surface area contributed by atoms with Crippen LogP contribution in [-0.4, -0.2) is 17.0 Å². The Balaban J connectivity index is 2.41. The number of rotatable bonds is 4. The maximum atomic E-state index is 12.2. The lowest BCUT2D eigenvalue weighted by Gasteiger charge is -2.14. The second kappa shape index (κ2) is 6.23. The summed E-state index contributed by atoms with van der Waals surface area (Å²) >= 11 is 6.12. The summed E-state index contributed by atoms with van der Waals surface area (Å²) in [5, 5.41) is 12.1. The van der Waals surface area contributed by atoms with Gasteiger partial charge in [-0.25, -0.2) is 4.79 Å². The Kier molecular flexibility index (Phi) is 4.56. The lowest BCUT2D eigenvalue weighted by molar-refractivity contribution is 0.0696. The van der Waals surface area contributed by atoms with Crippen molar-refractivity contribution in [2.24, 2.45) is 0 Å². The van der Waals surface area contributed by atoms with Crippen molar-refractivity contribution >= 4 is 29.2 Å². The minimum atomic E-state index is -1.14. The zero-order chi connectivity index (χ0) is 16.4. The van der Waals surface area contributed by atoms with Gasteiger partial charge in [0.2, 0.25) is 0 Å². The van der Waals surface area contributed by atoms with E-state index in [1.54, 1.807) is 19.1 Å². The number of amides is 1. The number of carbonyl (C=O) groups is 2. The summed E-state index contributed by atoms with van der Waals surface area (Å²) in [6.07, 6.45) is 1.42. The van der Waals surface area contributed by atoms with E-state index in [1.807, 2.05) is 13.8 Å². The van der Waals surface area contributed by atoms with Gasteiger partial charge in [-0.1, -0.05) is 25.4 Å². The van der Waals surface area contributed by atoms with E-state index in [-0.39, 0.29) is 22.4 Å². The molecule has 0 fully saturated rings. The second-order valence-corrected chi connectivity index (χ2v) is 5.61. The monoisotopic (exact) mass is 321 g/mol. The van der Waals surface area contributed by atoms with Gasteiger partial charge in [-0.05, 0) is 36.6 Å². The number of carboxylic acids is 1. The minimum Gasteiger partial charge on any atom is -0.478 e. The molecule has 0 aliphatic heterocycles. The third kappa shape index (κ3) is 3.14. The molecular weight excluding hydrogens is 306 g/mol. The summed E-state index contributed by atoms with van der Waals surface area (Å²) in [7, 11) is 0. The molecule has 116 valence electrons. The normalized spacial score (nSPS) is 10.8.